The third-order valence-electron chi connectivity index (χ3n) is 5.79. The summed E-state index contributed by atoms with van der Waals surface area (Å²) in [6, 6.07) is -0.0871. The second-order valence-electron chi connectivity index (χ2n) is 10.2. The number of rotatable bonds is 15. The Hall–Kier alpha value is -3.04. The molecule has 0 spiro atoms. The molecule has 2 N–H and O–H groups in total. The van der Waals surface area contributed by atoms with Gasteiger partial charge in [0.1, 0.15) is 0 Å². The lowest BCUT2D eigenvalue weighted by Crippen LogP contribution is -2.50. The zero-order valence-electron chi connectivity index (χ0n) is 21.9. The molecule has 1 aliphatic carbocycles. The number of alkyl carbamates (subject to hydrolysis) is 2. The maximum absolute atomic E-state index is 12.3. The normalized spacial score (nSPS) is 20.4. The zero-order chi connectivity index (χ0) is 27.0. The molecule has 0 bridgehead atoms. The van der Waals surface area contributed by atoms with E-state index in [9.17, 15) is 19.2 Å². The van der Waals surface area contributed by atoms with Crippen molar-refractivity contribution < 1.29 is 38.1 Å². The maximum atomic E-state index is 12.3. The topological polar surface area (TPSA) is 129 Å². The van der Waals surface area contributed by atoms with Crippen LogP contribution in [0.1, 0.15) is 65.7 Å². The van der Waals surface area contributed by atoms with E-state index in [0.717, 1.165) is 25.0 Å². The van der Waals surface area contributed by atoms with Gasteiger partial charge < -0.3 is 29.6 Å². The molecule has 1 saturated carbocycles. The van der Waals surface area contributed by atoms with E-state index in [1.165, 1.54) is 0 Å². The summed E-state index contributed by atoms with van der Waals surface area (Å²) >= 11 is 0. The van der Waals surface area contributed by atoms with Gasteiger partial charge in [-0.15, -0.1) is 0 Å². The van der Waals surface area contributed by atoms with Gasteiger partial charge in [0, 0.05) is 24.7 Å². The molecule has 36 heavy (non-hydrogen) atoms. The molecule has 204 valence electrons. The highest BCUT2D eigenvalue weighted by Crippen LogP contribution is 2.45. The number of nitrogens with one attached hydrogen (secondary N) is 2. The summed E-state index contributed by atoms with van der Waals surface area (Å²) in [6.45, 7) is 14.4. The van der Waals surface area contributed by atoms with Gasteiger partial charge in [-0.25, -0.2) is 19.2 Å². The van der Waals surface area contributed by atoms with Crippen molar-refractivity contribution in [3.8, 4) is 0 Å². The molecule has 1 aliphatic rings. The Kier molecular flexibility index (Phi) is 13.6. The molecule has 2 amide bonds. The van der Waals surface area contributed by atoms with Crippen molar-refractivity contribution in [1.29, 1.82) is 0 Å². The fourth-order valence-electron chi connectivity index (χ4n) is 4.62. The number of esters is 2. The van der Waals surface area contributed by atoms with E-state index in [1.807, 2.05) is 0 Å². The Balaban J connectivity index is 2.34. The maximum Gasteiger partial charge on any atom is 0.407 e. The molecule has 0 saturated heterocycles. The predicted molar refractivity (Wildman–Crippen MR) is 134 cm³/mol. The smallest absolute Gasteiger partial charge is 0.407 e. The van der Waals surface area contributed by atoms with Crippen LogP contribution in [0.5, 0.6) is 0 Å². The SMILES string of the molecule is C=CC(=O)OCCCCOC(=O)NCC1(C)CC(NC(=O)OCCCCOC(=O)C=C)CC(C)(C)C1. The Morgan fingerprint density at radius 2 is 1.25 bits per heavy atom. The first kappa shape index (κ1) is 31.0. The van der Waals surface area contributed by atoms with E-state index in [1.54, 1.807) is 0 Å². The lowest BCUT2D eigenvalue weighted by atomic mass is 9.62. The van der Waals surface area contributed by atoms with Crippen LogP contribution in [0, 0.1) is 10.8 Å². The van der Waals surface area contributed by atoms with Crippen LogP contribution in [-0.2, 0) is 28.5 Å². The molecule has 2 unspecified atom stereocenters. The average molecular weight is 511 g/mol. The highest BCUT2D eigenvalue weighted by atomic mass is 16.6. The fourth-order valence-corrected chi connectivity index (χ4v) is 4.62. The molecule has 0 aromatic carbocycles. The summed E-state index contributed by atoms with van der Waals surface area (Å²) in [4.78, 5) is 46.4. The molecule has 0 aromatic rings. The van der Waals surface area contributed by atoms with Crippen LogP contribution >= 0.6 is 0 Å². The molecular formula is C26H42N2O8. The Bertz CT molecular complexity index is 767. The van der Waals surface area contributed by atoms with Gasteiger partial charge in [-0.05, 0) is 55.8 Å². The first-order valence-corrected chi connectivity index (χ1v) is 12.4. The third-order valence-corrected chi connectivity index (χ3v) is 5.79. The second-order valence-corrected chi connectivity index (χ2v) is 10.2. The van der Waals surface area contributed by atoms with Crippen molar-refractivity contribution in [3.63, 3.8) is 0 Å². The molecule has 0 aliphatic heterocycles. The van der Waals surface area contributed by atoms with Crippen LogP contribution in [0.2, 0.25) is 0 Å². The van der Waals surface area contributed by atoms with Crippen molar-refractivity contribution in [2.45, 2.75) is 71.8 Å². The van der Waals surface area contributed by atoms with E-state index in [4.69, 9.17) is 18.9 Å². The first-order chi connectivity index (χ1) is 17.0. The fraction of sp³-hybridized carbons (Fsp3) is 0.692. The molecule has 1 fully saturated rings. The number of carbonyl (C=O) groups excluding carboxylic acids is 4. The van der Waals surface area contributed by atoms with E-state index in [2.05, 4.69) is 44.6 Å². The van der Waals surface area contributed by atoms with Gasteiger partial charge in [-0.1, -0.05) is 33.9 Å². The van der Waals surface area contributed by atoms with Crippen LogP contribution < -0.4 is 10.6 Å². The standard InChI is InChI=1S/C26H42N2O8/c1-6-21(29)33-12-8-10-14-35-23(31)27-19-26(5)17-20(16-25(3,4)18-26)28-24(32)36-15-11-9-13-34-22(30)7-2/h6-7,20H,1-2,8-19H2,3-5H3,(H,27,31)(H,28,32). The van der Waals surface area contributed by atoms with Crippen LogP contribution in [0.15, 0.2) is 25.3 Å². The van der Waals surface area contributed by atoms with Gasteiger partial charge in [-0.2, -0.15) is 0 Å². The third kappa shape index (κ3) is 13.7. The summed E-state index contributed by atoms with van der Waals surface area (Å²) in [7, 11) is 0. The second kappa shape index (κ2) is 15.9. The molecule has 0 radical (unpaired) electrons. The monoisotopic (exact) mass is 510 g/mol. The van der Waals surface area contributed by atoms with Crippen molar-refractivity contribution in [3.05, 3.63) is 25.3 Å². The van der Waals surface area contributed by atoms with Crippen LogP contribution in [0.3, 0.4) is 0 Å². The van der Waals surface area contributed by atoms with Crippen molar-refractivity contribution in [2.75, 3.05) is 33.0 Å². The number of ether oxygens (including phenoxy) is 4. The molecule has 0 heterocycles. The van der Waals surface area contributed by atoms with E-state index in [-0.39, 0.29) is 43.3 Å². The molecule has 10 nitrogen and oxygen atoms in total. The van der Waals surface area contributed by atoms with Gasteiger partial charge in [0.15, 0.2) is 0 Å². The number of carbonyl (C=O) groups is 4. The minimum Gasteiger partial charge on any atom is -0.463 e. The first-order valence-electron chi connectivity index (χ1n) is 12.4. The summed E-state index contributed by atoms with van der Waals surface area (Å²) in [5.41, 5.74) is -0.263. The van der Waals surface area contributed by atoms with E-state index >= 15 is 0 Å². The lowest BCUT2D eigenvalue weighted by Gasteiger charge is -2.46. The number of hydrogen-bond acceptors (Lipinski definition) is 8. The minimum atomic E-state index is -0.495. The molecule has 1 rings (SSSR count). The summed E-state index contributed by atoms with van der Waals surface area (Å²) in [6.07, 6.45) is 5.95. The summed E-state index contributed by atoms with van der Waals surface area (Å²) in [5.74, 6) is -0.940. The van der Waals surface area contributed by atoms with Crippen molar-refractivity contribution in [1.82, 2.24) is 10.6 Å². The quantitative estimate of drug-likeness (QED) is 0.146. The summed E-state index contributed by atoms with van der Waals surface area (Å²) < 4.78 is 20.2. The number of amides is 2. The van der Waals surface area contributed by atoms with Gasteiger partial charge in [-0.3, -0.25) is 0 Å². The van der Waals surface area contributed by atoms with Gasteiger partial charge in [0.05, 0.1) is 26.4 Å². The molecule has 0 aromatic heterocycles. The molecular weight excluding hydrogens is 468 g/mol. The molecule has 2 atom stereocenters. The van der Waals surface area contributed by atoms with Crippen LogP contribution in [0.25, 0.3) is 0 Å². The molecule has 10 heteroatoms. The highest BCUT2D eigenvalue weighted by molar-refractivity contribution is 5.81. The van der Waals surface area contributed by atoms with E-state index < -0.39 is 24.1 Å². The van der Waals surface area contributed by atoms with Crippen molar-refractivity contribution >= 4 is 24.1 Å². The largest absolute Gasteiger partial charge is 0.463 e. The summed E-state index contributed by atoms with van der Waals surface area (Å²) in [5, 5.41) is 5.80. The number of unbranched alkanes of at least 4 members (excludes halogenated alkanes) is 2. The minimum absolute atomic E-state index is 0.0333. The highest BCUT2D eigenvalue weighted by Gasteiger charge is 2.42. The van der Waals surface area contributed by atoms with Gasteiger partial charge >= 0.3 is 24.1 Å². The van der Waals surface area contributed by atoms with E-state index in [0.29, 0.717) is 38.6 Å². The Morgan fingerprint density at radius 1 is 0.778 bits per heavy atom. The van der Waals surface area contributed by atoms with Crippen LogP contribution in [-0.4, -0.2) is 63.1 Å². The zero-order valence-corrected chi connectivity index (χ0v) is 21.9. The average Bonchev–Trinajstić information content (AvgIpc) is 2.80. The van der Waals surface area contributed by atoms with Crippen LogP contribution in [0.4, 0.5) is 9.59 Å². The lowest BCUT2D eigenvalue weighted by molar-refractivity contribution is -0.138. The Morgan fingerprint density at radius 3 is 1.75 bits per heavy atom. The Labute approximate surface area is 214 Å². The van der Waals surface area contributed by atoms with Crippen molar-refractivity contribution in [2.24, 2.45) is 10.8 Å². The predicted octanol–water partition coefficient (Wildman–Crippen LogP) is 4.04. The number of hydrogen-bond donors (Lipinski definition) is 2. The van der Waals surface area contributed by atoms with Gasteiger partial charge in [0.2, 0.25) is 0 Å². The van der Waals surface area contributed by atoms with Gasteiger partial charge in [0.25, 0.3) is 0 Å².